The maximum Gasteiger partial charge on any atom is 0.233 e. The molecule has 7 nitrogen and oxygen atoms in total. The summed E-state index contributed by atoms with van der Waals surface area (Å²) in [7, 11) is 1.62. The number of aryl methyl sites for hydroxylation is 1. The Balaban J connectivity index is 1.97. The zero-order valence-corrected chi connectivity index (χ0v) is 14.1. The number of nitrogens with two attached hydrogens (primary N) is 1. The lowest BCUT2D eigenvalue weighted by Crippen LogP contribution is -2.34. The summed E-state index contributed by atoms with van der Waals surface area (Å²) in [6, 6.07) is 9.88. The monoisotopic (exact) mass is 335 g/mol. The van der Waals surface area contributed by atoms with Gasteiger partial charge in [-0.1, -0.05) is 42.1 Å². The van der Waals surface area contributed by atoms with Gasteiger partial charge in [-0.25, -0.2) is 4.68 Å². The predicted octanol–water partition coefficient (Wildman–Crippen LogP) is 1.07. The first kappa shape index (κ1) is 17.3. The number of aromatic nitrogens is 3. The lowest BCUT2D eigenvalue weighted by molar-refractivity contribution is -0.129. The molecule has 1 aromatic heterocycles. The van der Waals surface area contributed by atoms with Crippen molar-refractivity contribution < 1.29 is 9.53 Å². The summed E-state index contributed by atoms with van der Waals surface area (Å²) in [5.41, 5.74) is 1.08. The van der Waals surface area contributed by atoms with Gasteiger partial charge in [0, 0.05) is 20.2 Å². The van der Waals surface area contributed by atoms with E-state index in [1.807, 2.05) is 30.3 Å². The maximum absolute atomic E-state index is 12.5. The Kier molecular flexibility index (Phi) is 6.42. The van der Waals surface area contributed by atoms with E-state index in [9.17, 15) is 4.79 Å². The largest absolute Gasteiger partial charge is 0.383 e. The molecule has 2 aromatic rings. The Bertz CT molecular complexity index is 632. The molecule has 23 heavy (non-hydrogen) atoms. The highest BCUT2D eigenvalue weighted by atomic mass is 32.2. The van der Waals surface area contributed by atoms with Gasteiger partial charge in [0.05, 0.1) is 12.4 Å². The van der Waals surface area contributed by atoms with Crippen LogP contribution in [-0.2, 0) is 16.1 Å². The fraction of sp³-hybridized carbons (Fsp3) is 0.400. The van der Waals surface area contributed by atoms with Gasteiger partial charge >= 0.3 is 0 Å². The van der Waals surface area contributed by atoms with Gasteiger partial charge < -0.3 is 15.5 Å². The highest BCUT2D eigenvalue weighted by Gasteiger charge is 2.16. The third-order valence-corrected chi connectivity index (χ3v) is 4.22. The molecular formula is C15H21N5O2S. The standard InChI is InChI=1S/C15H21N5O2S/c1-12-17-18-15(20(12)16)23-11-14(21)19(8-9-22-2)10-13-6-4-3-5-7-13/h3-7H,8-11,16H2,1-2H3. The number of hydrogen-bond donors (Lipinski definition) is 1. The third-order valence-electron chi connectivity index (χ3n) is 3.29. The summed E-state index contributed by atoms with van der Waals surface area (Å²) in [4.78, 5) is 14.3. The summed E-state index contributed by atoms with van der Waals surface area (Å²) in [5, 5.41) is 8.36. The van der Waals surface area contributed by atoms with Gasteiger partial charge in [0.2, 0.25) is 11.1 Å². The number of nitrogens with zero attached hydrogens (tertiary/aromatic N) is 4. The Hall–Kier alpha value is -2.06. The Labute approximate surface area is 139 Å². The highest BCUT2D eigenvalue weighted by Crippen LogP contribution is 2.15. The Morgan fingerprint density at radius 2 is 2.09 bits per heavy atom. The Morgan fingerprint density at radius 1 is 1.35 bits per heavy atom. The maximum atomic E-state index is 12.5. The highest BCUT2D eigenvalue weighted by molar-refractivity contribution is 7.99. The molecule has 0 aliphatic rings. The number of thioether (sulfide) groups is 1. The minimum absolute atomic E-state index is 0.0107. The zero-order valence-electron chi connectivity index (χ0n) is 13.3. The zero-order chi connectivity index (χ0) is 16.7. The molecule has 0 aliphatic carbocycles. The van der Waals surface area contributed by atoms with Crippen LogP contribution < -0.4 is 5.84 Å². The number of hydrogen-bond acceptors (Lipinski definition) is 6. The molecular weight excluding hydrogens is 314 g/mol. The third kappa shape index (κ3) is 4.97. The van der Waals surface area contributed by atoms with Crippen LogP contribution in [0.3, 0.4) is 0 Å². The fourth-order valence-electron chi connectivity index (χ4n) is 1.96. The van der Waals surface area contributed by atoms with Crippen LogP contribution in [0.5, 0.6) is 0 Å². The van der Waals surface area contributed by atoms with Gasteiger partial charge in [0.15, 0.2) is 0 Å². The molecule has 1 heterocycles. The van der Waals surface area contributed by atoms with Crippen LogP contribution in [0.15, 0.2) is 35.5 Å². The van der Waals surface area contributed by atoms with Crippen molar-refractivity contribution in [3.63, 3.8) is 0 Å². The number of carbonyl (C=O) groups is 1. The first-order chi connectivity index (χ1) is 11.1. The molecule has 0 spiro atoms. The molecule has 0 radical (unpaired) electrons. The summed E-state index contributed by atoms with van der Waals surface area (Å²) in [6.07, 6.45) is 0. The number of carbonyl (C=O) groups excluding carboxylic acids is 1. The second-order valence-corrected chi connectivity index (χ2v) is 5.92. The topological polar surface area (TPSA) is 86.3 Å². The van der Waals surface area contributed by atoms with Crippen LogP contribution in [0, 0.1) is 6.92 Å². The molecule has 0 bridgehead atoms. The van der Waals surface area contributed by atoms with Crippen molar-refractivity contribution in [1.82, 2.24) is 19.8 Å². The molecule has 0 atom stereocenters. The first-order valence-electron chi connectivity index (χ1n) is 7.22. The Morgan fingerprint density at radius 3 is 2.70 bits per heavy atom. The lowest BCUT2D eigenvalue weighted by Gasteiger charge is -2.22. The molecule has 8 heteroatoms. The van der Waals surface area contributed by atoms with Crippen LogP contribution in [0.1, 0.15) is 11.4 Å². The van der Waals surface area contributed by atoms with Gasteiger partial charge in [-0.3, -0.25) is 4.79 Å². The molecule has 0 unspecified atom stereocenters. The first-order valence-corrected chi connectivity index (χ1v) is 8.21. The van der Waals surface area contributed by atoms with Crippen LogP contribution in [-0.4, -0.2) is 51.7 Å². The summed E-state index contributed by atoms with van der Waals surface area (Å²) < 4.78 is 6.48. The predicted molar refractivity (Wildman–Crippen MR) is 89.4 cm³/mol. The molecule has 2 rings (SSSR count). The summed E-state index contributed by atoms with van der Waals surface area (Å²) >= 11 is 1.28. The van der Waals surface area contributed by atoms with E-state index in [4.69, 9.17) is 10.6 Å². The molecule has 1 aromatic carbocycles. The molecule has 124 valence electrons. The van der Waals surface area contributed by atoms with E-state index < -0.39 is 0 Å². The minimum atomic E-state index is 0.0107. The van der Waals surface area contributed by atoms with Gasteiger partial charge in [-0.2, -0.15) is 0 Å². The molecule has 2 N–H and O–H groups in total. The average Bonchev–Trinajstić information content (AvgIpc) is 2.89. The number of rotatable bonds is 8. The number of nitrogen functional groups attached to an aromatic ring is 1. The van der Waals surface area contributed by atoms with Crippen molar-refractivity contribution in [3.05, 3.63) is 41.7 Å². The van der Waals surface area contributed by atoms with E-state index in [-0.39, 0.29) is 11.7 Å². The van der Waals surface area contributed by atoms with E-state index >= 15 is 0 Å². The van der Waals surface area contributed by atoms with Gasteiger partial charge in [0.25, 0.3) is 0 Å². The minimum Gasteiger partial charge on any atom is -0.383 e. The number of ether oxygens (including phenoxy) is 1. The van der Waals surface area contributed by atoms with E-state index in [0.29, 0.717) is 30.7 Å². The number of amides is 1. The summed E-state index contributed by atoms with van der Waals surface area (Å²) in [5.74, 6) is 6.67. The normalized spacial score (nSPS) is 10.7. The van der Waals surface area contributed by atoms with E-state index in [0.717, 1.165) is 5.56 Å². The van der Waals surface area contributed by atoms with Crippen molar-refractivity contribution in [1.29, 1.82) is 0 Å². The molecule has 0 aliphatic heterocycles. The smallest absolute Gasteiger partial charge is 0.233 e. The summed E-state index contributed by atoms with van der Waals surface area (Å²) in [6.45, 7) is 3.35. The SMILES string of the molecule is COCCN(Cc1ccccc1)C(=O)CSc1nnc(C)n1N. The molecule has 1 amide bonds. The van der Waals surface area contributed by atoms with Crippen molar-refractivity contribution in [2.45, 2.75) is 18.6 Å². The quantitative estimate of drug-likeness (QED) is 0.573. The van der Waals surface area contributed by atoms with Crippen LogP contribution in [0.25, 0.3) is 0 Å². The van der Waals surface area contributed by atoms with E-state index in [1.165, 1.54) is 16.4 Å². The second kappa shape index (κ2) is 8.54. The van der Waals surface area contributed by atoms with E-state index in [1.54, 1.807) is 18.9 Å². The molecule has 0 fully saturated rings. The van der Waals surface area contributed by atoms with Crippen LogP contribution in [0.2, 0.25) is 0 Å². The van der Waals surface area contributed by atoms with Crippen molar-refractivity contribution >= 4 is 17.7 Å². The van der Waals surface area contributed by atoms with Gasteiger partial charge in [0.1, 0.15) is 5.82 Å². The second-order valence-electron chi connectivity index (χ2n) is 4.98. The van der Waals surface area contributed by atoms with Crippen LogP contribution in [0.4, 0.5) is 0 Å². The molecule has 0 saturated carbocycles. The number of benzene rings is 1. The lowest BCUT2D eigenvalue weighted by atomic mass is 10.2. The average molecular weight is 335 g/mol. The fourth-order valence-corrected chi connectivity index (χ4v) is 2.77. The van der Waals surface area contributed by atoms with Gasteiger partial charge in [-0.15, -0.1) is 10.2 Å². The van der Waals surface area contributed by atoms with Crippen molar-refractivity contribution in [2.75, 3.05) is 31.9 Å². The number of methoxy groups -OCH3 is 1. The molecule has 0 saturated heterocycles. The van der Waals surface area contributed by atoms with Gasteiger partial charge in [-0.05, 0) is 12.5 Å². The van der Waals surface area contributed by atoms with E-state index in [2.05, 4.69) is 10.2 Å². The van der Waals surface area contributed by atoms with Crippen molar-refractivity contribution in [2.24, 2.45) is 0 Å². The van der Waals surface area contributed by atoms with Crippen molar-refractivity contribution in [3.8, 4) is 0 Å². The van der Waals surface area contributed by atoms with Crippen LogP contribution >= 0.6 is 11.8 Å².